The minimum Gasteiger partial charge on any atom is -0.453 e. The number of nitrogen functional groups attached to an aromatic ring is 1. The lowest BCUT2D eigenvalue weighted by atomic mass is 10.1. The van der Waals surface area contributed by atoms with Gasteiger partial charge in [-0.05, 0) is 11.6 Å². The maximum atomic E-state index is 12.2. The molecule has 0 aromatic heterocycles. The summed E-state index contributed by atoms with van der Waals surface area (Å²) in [5.74, 6) is 0.0346. The van der Waals surface area contributed by atoms with Gasteiger partial charge in [0.15, 0.2) is 0 Å². The first kappa shape index (κ1) is 14.2. The summed E-state index contributed by atoms with van der Waals surface area (Å²) in [5.41, 5.74) is 7.31. The average molecular weight is 277 g/mol. The number of carbonyl (C=O) groups excluding carboxylic acids is 2. The lowest BCUT2D eigenvalue weighted by Crippen LogP contribution is -2.51. The summed E-state index contributed by atoms with van der Waals surface area (Å²) in [4.78, 5) is 26.9. The van der Waals surface area contributed by atoms with Crippen LogP contribution in [0.2, 0.25) is 0 Å². The van der Waals surface area contributed by atoms with Crippen LogP contribution < -0.4 is 5.73 Å². The Kier molecular flexibility index (Phi) is 4.45. The number of nitrogens with two attached hydrogens (primary N) is 1. The molecule has 6 heteroatoms. The third-order valence-electron chi connectivity index (χ3n) is 3.46. The van der Waals surface area contributed by atoms with Crippen molar-refractivity contribution in [2.45, 2.75) is 6.42 Å². The minimum atomic E-state index is -0.343. The van der Waals surface area contributed by atoms with E-state index in [1.54, 1.807) is 15.9 Å². The second-order valence-corrected chi connectivity index (χ2v) is 4.71. The van der Waals surface area contributed by atoms with Crippen LogP contribution in [0, 0.1) is 0 Å². The van der Waals surface area contributed by atoms with E-state index in [9.17, 15) is 9.59 Å². The van der Waals surface area contributed by atoms with Gasteiger partial charge in [0.25, 0.3) is 0 Å². The van der Waals surface area contributed by atoms with Crippen LogP contribution in [0.5, 0.6) is 0 Å². The lowest BCUT2D eigenvalue weighted by Gasteiger charge is -2.34. The molecule has 0 atom stereocenters. The van der Waals surface area contributed by atoms with E-state index in [0.29, 0.717) is 38.3 Å². The Morgan fingerprint density at radius 1 is 1.15 bits per heavy atom. The van der Waals surface area contributed by atoms with Crippen molar-refractivity contribution in [2.75, 3.05) is 39.0 Å². The highest BCUT2D eigenvalue weighted by Crippen LogP contribution is 2.13. The molecular weight excluding hydrogens is 258 g/mol. The quantitative estimate of drug-likeness (QED) is 0.808. The zero-order valence-corrected chi connectivity index (χ0v) is 11.5. The van der Waals surface area contributed by atoms with Gasteiger partial charge in [0, 0.05) is 31.9 Å². The third kappa shape index (κ3) is 3.20. The molecule has 0 aliphatic carbocycles. The Balaban J connectivity index is 1.89. The molecule has 0 unspecified atom stereocenters. The van der Waals surface area contributed by atoms with E-state index >= 15 is 0 Å². The number of amides is 2. The summed E-state index contributed by atoms with van der Waals surface area (Å²) in [6.45, 7) is 2.06. The van der Waals surface area contributed by atoms with Gasteiger partial charge >= 0.3 is 6.09 Å². The molecule has 1 aliphatic rings. The second-order valence-electron chi connectivity index (χ2n) is 4.71. The molecule has 1 aromatic carbocycles. The molecule has 6 nitrogen and oxygen atoms in total. The van der Waals surface area contributed by atoms with Crippen molar-refractivity contribution in [1.29, 1.82) is 0 Å². The van der Waals surface area contributed by atoms with Crippen molar-refractivity contribution in [3.8, 4) is 0 Å². The summed E-state index contributed by atoms with van der Waals surface area (Å²) in [6, 6.07) is 7.36. The minimum absolute atomic E-state index is 0.0346. The van der Waals surface area contributed by atoms with Crippen LogP contribution in [0.3, 0.4) is 0 Å². The summed E-state index contributed by atoms with van der Waals surface area (Å²) in [5, 5.41) is 0. The second kappa shape index (κ2) is 6.27. The van der Waals surface area contributed by atoms with Crippen LogP contribution in [0.4, 0.5) is 10.5 Å². The van der Waals surface area contributed by atoms with Crippen LogP contribution in [-0.4, -0.2) is 55.1 Å². The number of nitrogens with zero attached hydrogens (tertiary/aromatic N) is 2. The first-order valence-electron chi connectivity index (χ1n) is 6.56. The van der Waals surface area contributed by atoms with E-state index in [1.165, 1.54) is 7.11 Å². The molecule has 2 N–H and O–H groups in total. The van der Waals surface area contributed by atoms with Gasteiger partial charge in [-0.2, -0.15) is 0 Å². The van der Waals surface area contributed by atoms with E-state index in [-0.39, 0.29) is 12.0 Å². The molecule has 108 valence electrons. The monoisotopic (exact) mass is 277 g/mol. The number of rotatable bonds is 2. The number of hydrogen-bond donors (Lipinski definition) is 1. The lowest BCUT2D eigenvalue weighted by molar-refractivity contribution is -0.132. The maximum absolute atomic E-state index is 12.2. The summed E-state index contributed by atoms with van der Waals surface area (Å²) in [6.07, 6.45) is -0.0466. The van der Waals surface area contributed by atoms with E-state index in [2.05, 4.69) is 4.74 Å². The largest absolute Gasteiger partial charge is 0.453 e. The molecule has 0 spiro atoms. The molecule has 20 heavy (non-hydrogen) atoms. The predicted octanol–water partition coefficient (Wildman–Crippen LogP) is 0.722. The van der Waals surface area contributed by atoms with E-state index in [1.807, 2.05) is 18.2 Å². The fraction of sp³-hybridized carbons (Fsp3) is 0.429. The molecule has 1 fully saturated rings. The van der Waals surface area contributed by atoms with Crippen LogP contribution in [0.1, 0.15) is 5.56 Å². The highest BCUT2D eigenvalue weighted by Gasteiger charge is 2.24. The molecule has 1 aromatic rings. The zero-order valence-electron chi connectivity index (χ0n) is 11.5. The van der Waals surface area contributed by atoms with E-state index in [4.69, 9.17) is 5.73 Å². The molecule has 1 aliphatic heterocycles. The summed E-state index contributed by atoms with van der Waals surface area (Å²) >= 11 is 0. The van der Waals surface area contributed by atoms with Crippen molar-refractivity contribution >= 4 is 17.7 Å². The zero-order chi connectivity index (χ0) is 14.5. The molecule has 0 saturated carbocycles. The smallest absolute Gasteiger partial charge is 0.409 e. The standard InChI is InChI=1S/C14H19N3O3/c1-20-14(19)17-8-6-16(7-9-17)13(18)10-11-4-2-3-5-12(11)15/h2-5H,6-10,15H2,1H3. The van der Waals surface area contributed by atoms with E-state index in [0.717, 1.165) is 5.56 Å². The van der Waals surface area contributed by atoms with Gasteiger partial charge in [0.1, 0.15) is 0 Å². The Labute approximate surface area is 118 Å². The topological polar surface area (TPSA) is 75.9 Å². The number of methoxy groups -OCH3 is 1. The van der Waals surface area contributed by atoms with Crippen LogP contribution >= 0.6 is 0 Å². The number of carbonyl (C=O) groups is 2. The van der Waals surface area contributed by atoms with Gasteiger partial charge in [-0.15, -0.1) is 0 Å². The highest BCUT2D eigenvalue weighted by molar-refractivity contribution is 5.80. The number of ether oxygens (including phenoxy) is 1. The Bertz CT molecular complexity index is 496. The van der Waals surface area contributed by atoms with Gasteiger partial charge < -0.3 is 20.3 Å². The van der Waals surface area contributed by atoms with Gasteiger partial charge in [0.05, 0.1) is 13.5 Å². The van der Waals surface area contributed by atoms with Crippen LogP contribution in [-0.2, 0) is 16.0 Å². The molecule has 1 saturated heterocycles. The molecular formula is C14H19N3O3. The van der Waals surface area contributed by atoms with Crippen LogP contribution in [0.25, 0.3) is 0 Å². The summed E-state index contributed by atoms with van der Waals surface area (Å²) < 4.78 is 4.66. The summed E-state index contributed by atoms with van der Waals surface area (Å²) in [7, 11) is 1.36. The van der Waals surface area contributed by atoms with Gasteiger partial charge in [-0.25, -0.2) is 4.79 Å². The van der Waals surface area contributed by atoms with Crippen molar-refractivity contribution in [2.24, 2.45) is 0 Å². The fourth-order valence-corrected chi connectivity index (χ4v) is 2.24. The number of anilines is 1. The molecule has 2 amide bonds. The van der Waals surface area contributed by atoms with Crippen LogP contribution in [0.15, 0.2) is 24.3 Å². The first-order valence-corrected chi connectivity index (χ1v) is 6.56. The fourth-order valence-electron chi connectivity index (χ4n) is 2.24. The Hall–Kier alpha value is -2.24. The number of para-hydroxylation sites is 1. The SMILES string of the molecule is COC(=O)N1CCN(C(=O)Cc2ccccc2N)CC1. The predicted molar refractivity (Wildman–Crippen MR) is 75.1 cm³/mol. The van der Waals surface area contributed by atoms with E-state index < -0.39 is 0 Å². The van der Waals surface area contributed by atoms with Gasteiger partial charge in [-0.3, -0.25) is 4.79 Å². The third-order valence-corrected chi connectivity index (χ3v) is 3.46. The number of piperazine rings is 1. The van der Waals surface area contributed by atoms with Gasteiger partial charge in [-0.1, -0.05) is 18.2 Å². The maximum Gasteiger partial charge on any atom is 0.409 e. The van der Waals surface area contributed by atoms with Crippen molar-refractivity contribution in [1.82, 2.24) is 9.80 Å². The molecule has 0 bridgehead atoms. The van der Waals surface area contributed by atoms with Crippen molar-refractivity contribution < 1.29 is 14.3 Å². The average Bonchev–Trinajstić information content (AvgIpc) is 2.49. The molecule has 1 heterocycles. The van der Waals surface area contributed by atoms with Crippen molar-refractivity contribution in [3.05, 3.63) is 29.8 Å². The van der Waals surface area contributed by atoms with Crippen molar-refractivity contribution in [3.63, 3.8) is 0 Å². The van der Waals surface area contributed by atoms with Gasteiger partial charge in [0.2, 0.25) is 5.91 Å². The normalized spacial score (nSPS) is 15.1. The Morgan fingerprint density at radius 2 is 1.75 bits per heavy atom. The first-order chi connectivity index (χ1) is 9.61. The highest BCUT2D eigenvalue weighted by atomic mass is 16.5. The number of hydrogen-bond acceptors (Lipinski definition) is 4. The Morgan fingerprint density at radius 3 is 2.35 bits per heavy atom. The molecule has 0 radical (unpaired) electrons. The molecule has 2 rings (SSSR count). The number of benzene rings is 1.